The first-order valence-electron chi connectivity index (χ1n) is 11.0. The van der Waals surface area contributed by atoms with Gasteiger partial charge in [0.15, 0.2) is 0 Å². The average Bonchev–Trinajstić information content (AvgIpc) is 2.74. The fraction of sp³-hybridized carbons (Fsp3) is 0.462. The minimum absolute atomic E-state index is 0.819. The maximum Gasteiger partial charge on any atom is 0.0386 e. The zero-order valence-corrected chi connectivity index (χ0v) is 18.6. The van der Waals surface area contributed by atoms with Crippen molar-refractivity contribution >= 4 is 18.0 Å². The Kier molecular flexibility index (Phi) is 9.11. The van der Waals surface area contributed by atoms with Crippen LogP contribution >= 0.6 is 0 Å². The highest BCUT2D eigenvalue weighted by Gasteiger charge is 2.22. The molecule has 0 atom stereocenters. The van der Waals surface area contributed by atoms with Gasteiger partial charge >= 0.3 is 0 Å². The molecular weight excluding hydrogens is 354 g/mol. The summed E-state index contributed by atoms with van der Waals surface area (Å²) in [5.41, 5.74) is 15.8. The Labute approximate surface area is 177 Å². The monoisotopic (exact) mass is 391 g/mol. The van der Waals surface area contributed by atoms with Crippen molar-refractivity contribution in [3.8, 4) is 0 Å². The number of allylic oxidation sites excluding steroid dienone is 5. The van der Waals surface area contributed by atoms with Gasteiger partial charge in [0.1, 0.15) is 0 Å². The lowest BCUT2D eigenvalue weighted by Gasteiger charge is -2.26. The van der Waals surface area contributed by atoms with Gasteiger partial charge in [0.2, 0.25) is 0 Å². The van der Waals surface area contributed by atoms with Crippen LogP contribution in [-0.4, -0.2) is 19.0 Å². The van der Waals surface area contributed by atoms with Crippen LogP contribution in [0.2, 0.25) is 0 Å². The van der Waals surface area contributed by atoms with Gasteiger partial charge in [-0.25, -0.2) is 0 Å². The molecule has 0 heterocycles. The number of aliphatic imine (C=N–C) groups is 1. The van der Waals surface area contributed by atoms with Crippen molar-refractivity contribution in [3.05, 3.63) is 63.4 Å². The molecular formula is C26H37N3. The normalized spacial score (nSPS) is 16.0. The molecule has 0 amide bonds. The van der Waals surface area contributed by atoms with Crippen LogP contribution in [0.25, 0.3) is 5.57 Å². The number of unbranched alkanes of at least 4 members (excludes halogenated alkanes) is 1. The highest BCUT2D eigenvalue weighted by atomic mass is 14.7. The lowest BCUT2D eigenvalue weighted by molar-refractivity contribution is 0.718. The summed E-state index contributed by atoms with van der Waals surface area (Å²) >= 11 is 0. The Balaban J connectivity index is 2.71. The molecule has 0 aliphatic heterocycles. The maximum atomic E-state index is 8.04. The van der Waals surface area contributed by atoms with Crippen molar-refractivity contribution in [2.24, 2.45) is 10.7 Å². The third-order valence-corrected chi connectivity index (χ3v) is 5.62. The van der Waals surface area contributed by atoms with E-state index in [1.165, 1.54) is 46.9 Å². The molecule has 156 valence electrons. The summed E-state index contributed by atoms with van der Waals surface area (Å²) in [6.07, 6.45) is 15.2. The van der Waals surface area contributed by atoms with Gasteiger partial charge in [0.25, 0.3) is 0 Å². The molecule has 1 aliphatic rings. The lowest BCUT2D eigenvalue weighted by Crippen LogP contribution is -2.09. The first-order valence-corrected chi connectivity index (χ1v) is 11.0. The van der Waals surface area contributed by atoms with Gasteiger partial charge in [-0.15, -0.1) is 0 Å². The van der Waals surface area contributed by atoms with E-state index in [1.54, 1.807) is 6.20 Å². The van der Waals surface area contributed by atoms with Crippen molar-refractivity contribution in [1.82, 2.24) is 0 Å². The number of nitrogens with two attached hydrogens (primary N) is 1. The standard InChI is InChI=1S/C26H37N3/c1-5-7-10-22(21(16-27)18-29-15-6-2)23-11-8-9-12-24(23)26-20(4)14-13-19(3)25(26)17-28/h10,13-14,16-18,28H,5-9,11-12,15,27H2,1-4H3/b21-16+,22-10+,28-17?,29-18?. The van der Waals surface area contributed by atoms with E-state index in [2.05, 4.69) is 50.9 Å². The largest absolute Gasteiger partial charge is 0.404 e. The molecule has 0 spiro atoms. The number of nitrogens with zero attached hydrogens (tertiary/aromatic N) is 1. The van der Waals surface area contributed by atoms with E-state index >= 15 is 0 Å². The Morgan fingerprint density at radius 1 is 1.10 bits per heavy atom. The molecule has 0 unspecified atom stereocenters. The van der Waals surface area contributed by atoms with E-state index in [0.717, 1.165) is 55.3 Å². The minimum Gasteiger partial charge on any atom is -0.404 e. The predicted molar refractivity (Wildman–Crippen MR) is 128 cm³/mol. The fourth-order valence-electron chi connectivity index (χ4n) is 4.10. The summed E-state index contributed by atoms with van der Waals surface area (Å²) in [7, 11) is 0. The molecule has 29 heavy (non-hydrogen) atoms. The third-order valence-electron chi connectivity index (χ3n) is 5.62. The predicted octanol–water partition coefficient (Wildman–Crippen LogP) is 6.68. The smallest absolute Gasteiger partial charge is 0.0386 e. The van der Waals surface area contributed by atoms with Gasteiger partial charge in [0.05, 0.1) is 0 Å². The first kappa shape index (κ1) is 22.9. The highest BCUT2D eigenvalue weighted by molar-refractivity contribution is 5.94. The Morgan fingerprint density at radius 3 is 2.48 bits per heavy atom. The molecule has 3 nitrogen and oxygen atoms in total. The van der Waals surface area contributed by atoms with Gasteiger partial charge in [0, 0.05) is 36.3 Å². The summed E-state index contributed by atoms with van der Waals surface area (Å²) in [6.45, 7) is 9.43. The topological polar surface area (TPSA) is 62.2 Å². The molecule has 1 aromatic rings. The second-order valence-electron chi connectivity index (χ2n) is 7.86. The van der Waals surface area contributed by atoms with Gasteiger partial charge in [-0.1, -0.05) is 38.5 Å². The van der Waals surface area contributed by atoms with E-state index in [4.69, 9.17) is 11.1 Å². The highest BCUT2D eigenvalue weighted by Crippen LogP contribution is 2.40. The molecule has 3 N–H and O–H groups in total. The van der Waals surface area contributed by atoms with Crippen LogP contribution in [-0.2, 0) is 0 Å². The van der Waals surface area contributed by atoms with Crippen molar-refractivity contribution in [2.75, 3.05) is 6.54 Å². The van der Waals surface area contributed by atoms with Crippen LogP contribution in [0.15, 0.2) is 46.1 Å². The van der Waals surface area contributed by atoms with E-state index in [-0.39, 0.29) is 0 Å². The molecule has 1 aliphatic carbocycles. The summed E-state index contributed by atoms with van der Waals surface area (Å²) in [5, 5.41) is 8.04. The van der Waals surface area contributed by atoms with Crippen LogP contribution in [0.4, 0.5) is 0 Å². The average molecular weight is 392 g/mol. The number of nitrogens with one attached hydrogen (secondary N) is 1. The number of aryl methyl sites for hydroxylation is 2. The van der Waals surface area contributed by atoms with Gasteiger partial charge in [-0.3, -0.25) is 4.99 Å². The van der Waals surface area contributed by atoms with Crippen LogP contribution in [0.3, 0.4) is 0 Å². The molecule has 0 aromatic heterocycles. The second-order valence-corrected chi connectivity index (χ2v) is 7.86. The first-order chi connectivity index (χ1) is 14.1. The van der Waals surface area contributed by atoms with E-state index in [0.29, 0.717) is 0 Å². The summed E-state index contributed by atoms with van der Waals surface area (Å²) in [5.74, 6) is 0. The van der Waals surface area contributed by atoms with Crippen molar-refractivity contribution in [3.63, 3.8) is 0 Å². The fourth-order valence-corrected chi connectivity index (χ4v) is 4.10. The van der Waals surface area contributed by atoms with E-state index in [9.17, 15) is 0 Å². The minimum atomic E-state index is 0.819. The van der Waals surface area contributed by atoms with Gasteiger partial charge in [-0.05, 0) is 85.8 Å². The molecule has 0 saturated carbocycles. The second kappa shape index (κ2) is 11.5. The number of hydrogen-bond acceptors (Lipinski definition) is 3. The van der Waals surface area contributed by atoms with E-state index in [1.807, 2.05) is 6.21 Å². The van der Waals surface area contributed by atoms with Crippen LogP contribution in [0.5, 0.6) is 0 Å². The van der Waals surface area contributed by atoms with Crippen molar-refractivity contribution < 1.29 is 0 Å². The Morgan fingerprint density at radius 2 is 1.83 bits per heavy atom. The number of rotatable bonds is 9. The van der Waals surface area contributed by atoms with Crippen LogP contribution < -0.4 is 5.73 Å². The SMILES string of the molecule is CCC/C=C(C1=C(c2c(C)ccc(C)c2C=N)CCCC1)\C(C=NCCC)=C\N. The molecule has 1 aromatic carbocycles. The molecule has 3 heteroatoms. The summed E-state index contributed by atoms with van der Waals surface area (Å²) < 4.78 is 0. The maximum absolute atomic E-state index is 8.04. The quantitative estimate of drug-likeness (QED) is 0.358. The zero-order valence-electron chi connectivity index (χ0n) is 18.6. The van der Waals surface area contributed by atoms with Crippen molar-refractivity contribution in [1.29, 1.82) is 5.41 Å². The Hall–Kier alpha value is -2.42. The third kappa shape index (κ3) is 5.56. The summed E-state index contributed by atoms with van der Waals surface area (Å²) in [4.78, 5) is 4.58. The van der Waals surface area contributed by atoms with E-state index < -0.39 is 0 Å². The molecule has 0 radical (unpaired) electrons. The van der Waals surface area contributed by atoms with Crippen LogP contribution in [0, 0.1) is 19.3 Å². The van der Waals surface area contributed by atoms with Crippen LogP contribution in [0.1, 0.15) is 81.0 Å². The van der Waals surface area contributed by atoms with Gasteiger partial charge < -0.3 is 11.1 Å². The molecule has 0 bridgehead atoms. The van der Waals surface area contributed by atoms with Crippen molar-refractivity contribution in [2.45, 2.75) is 72.6 Å². The Bertz CT molecular complexity index is 838. The summed E-state index contributed by atoms with van der Waals surface area (Å²) in [6, 6.07) is 4.31. The molecule has 0 fully saturated rings. The molecule has 2 rings (SSSR count). The van der Waals surface area contributed by atoms with Gasteiger partial charge in [-0.2, -0.15) is 0 Å². The number of hydrogen-bond donors (Lipinski definition) is 2. The number of benzene rings is 1. The zero-order chi connectivity index (χ0) is 21.2. The molecule has 0 saturated heterocycles. The lowest BCUT2D eigenvalue weighted by atomic mass is 9.78.